The zero-order valence-electron chi connectivity index (χ0n) is 9.75. The Kier molecular flexibility index (Phi) is 3.60. The van der Waals surface area contributed by atoms with E-state index in [0.29, 0.717) is 6.07 Å². The maximum Gasteiger partial charge on any atom is 0.337 e. The van der Waals surface area contributed by atoms with Crippen LogP contribution < -0.4 is 5.32 Å². The fourth-order valence-electron chi connectivity index (χ4n) is 1.58. The van der Waals surface area contributed by atoms with Gasteiger partial charge in [0.1, 0.15) is 11.6 Å². The minimum absolute atomic E-state index is 0.277. The van der Waals surface area contributed by atoms with E-state index in [-0.39, 0.29) is 6.07 Å². The molecule has 0 radical (unpaired) electrons. The summed E-state index contributed by atoms with van der Waals surface area (Å²) < 4.78 is 52.8. The monoisotopic (exact) mass is 285 g/mol. The van der Waals surface area contributed by atoms with E-state index in [2.05, 4.69) is 5.32 Å². The van der Waals surface area contributed by atoms with Gasteiger partial charge in [-0.1, -0.05) is 6.07 Å². The van der Waals surface area contributed by atoms with E-state index < -0.39 is 46.2 Å². The van der Waals surface area contributed by atoms with E-state index in [9.17, 15) is 22.4 Å². The van der Waals surface area contributed by atoms with Crippen LogP contribution in [0.2, 0.25) is 0 Å². The van der Waals surface area contributed by atoms with Crippen LogP contribution in [0, 0.1) is 23.3 Å². The fourth-order valence-corrected chi connectivity index (χ4v) is 1.58. The van der Waals surface area contributed by atoms with Crippen molar-refractivity contribution >= 4 is 17.3 Å². The van der Waals surface area contributed by atoms with Crippen LogP contribution in [0.5, 0.6) is 0 Å². The van der Waals surface area contributed by atoms with Crippen molar-refractivity contribution in [3.8, 4) is 0 Å². The van der Waals surface area contributed by atoms with Gasteiger partial charge >= 0.3 is 5.97 Å². The summed E-state index contributed by atoms with van der Waals surface area (Å²) in [5, 5.41) is 11.0. The molecule has 0 aromatic heterocycles. The van der Waals surface area contributed by atoms with Crippen molar-refractivity contribution in [3.63, 3.8) is 0 Å². The van der Waals surface area contributed by atoms with Crippen molar-refractivity contribution in [1.82, 2.24) is 0 Å². The molecule has 3 nitrogen and oxygen atoms in total. The molecule has 2 aromatic carbocycles. The van der Waals surface area contributed by atoms with Gasteiger partial charge in [-0.25, -0.2) is 22.4 Å². The highest BCUT2D eigenvalue weighted by molar-refractivity contribution is 5.95. The zero-order chi connectivity index (χ0) is 14.9. The van der Waals surface area contributed by atoms with Gasteiger partial charge in [-0.05, 0) is 12.1 Å². The first kappa shape index (κ1) is 13.9. The minimum atomic E-state index is -1.45. The van der Waals surface area contributed by atoms with Crippen molar-refractivity contribution in [2.45, 2.75) is 0 Å². The number of nitrogens with one attached hydrogen (secondary N) is 1. The second kappa shape index (κ2) is 5.20. The normalized spacial score (nSPS) is 10.4. The third-order valence-electron chi connectivity index (χ3n) is 2.51. The third-order valence-corrected chi connectivity index (χ3v) is 2.51. The molecule has 0 amide bonds. The lowest BCUT2D eigenvalue weighted by atomic mass is 10.1. The SMILES string of the molecule is O=C(O)c1cccc(F)c1Nc1cc(F)c(F)cc1F. The van der Waals surface area contributed by atoms with Crippen LogP contribution in [0.25, 0.3) is 0 Å². The number of para-hydroxylation sites is 1. The lowest BCUT2D eigenvalue weighted by molar-refractivity contribution is 0.0697. The summed E-state index contributed by atoms with van der Waals surface area (Å²) in [5.74, 6) is -6.34. The average molecular weight is 285 g/mol. The molecule has 0 atom stereocenters. The molecular formula is C13H7F4NO2. The van der Waals surface area contributed by atoms with Crippen LogP contribution in [0.1, 0.15) is 10.4 Å². The Morgan fingerprint density at radius 2 is 1.60 bits per heavy atom. The summed E-state index contributed by atoms with van der Waals surface area (Å²) in [5.41, 5.74) is -1.57. The predicted octanol–water partition coefficient (Wildman–Crippen LogP) is 3.68. The molecule has 2 N–H and O–H groups in total. The number of aromatic carboxylic acids is 1. The van der Waals surface area contributed by atoms with E-state index in [1.165, 1.54) is 0 Å². The quantitative estimate of drug-likeness (QED) is 0.668. The van der Waals surface area contributed by atoms with Gasteiger partial charge in [0.05, 0.1) is 16.9 Å². The van der Waals surface area contributed by atoms with Gasteiger partial charge in [-0.15, -0.1) is 0 Å². The number of carboxylic acid groups (broad SMARTS) is 1. The van der Waals surface area contributed by atoms with Gasteiger partial charge in [-0.3, -0.25) is 0 Å². The zero-order valence-corrected chi connectivity index (χ0v) is 9.75. The molecule has 0 saturated carbocycles. The molecule has 0 aliphatic rings. The Bertz CT molecular complexity index is 688. The standard InChI is InChI=1S/C13H7F4NO2/c14-7-3-1-2-6(13(19)20)12(7)18-11-5-9(16)8(15)4-10(11)17/h1-5,18H,(H,19,20). The number of carbonyl (C=O) groups is 1. The van der Waals surface area contributed by atoms with Gasteiger partial charge in [0.25, 0.3) is 0 Å². The molecule has 0 fully saturated rings. The van der Waals surface area contributed by atoms with Crippen molar-refractivity contribution in [1.29, 1.82) is 0 Å². The predicted molar refractivity (Wildman–Crippen MR) is 63.0 cm³/mol. The Balaban J connectivity index is 2.50. The van der Waals surface area contributed by atoms with Crippen molar-refractivity contribution in [2.75, 3.05) is 5.32 Å². The molecule has 0 spiro atoms. The van der Waals surface area contributed by atoms with Crippen molar-refractivity contribution in [3.05, 3.63) is 59.2 Å². The summed E-state index contributed by atoms with van der Waals surface area (Å²) in [6, 6.07) is 3.95. The largest absolute Gasteiger partial charge is 0.478 e. The summed E-state index contributed by atoms with van der Waals surface area (Å²) in [6.45, 7) is 0. The Morgan fingerprint density at radius 3 is 2.25 bits per heavy atom. The number of halogens is 4. The van der Waals surface area contributed by atoms with Gasteiger partial charge in [0, 0.05) is 12.1 Å². The Labute approximate surface area is 110 Å². The van der Waals surface area contributed by atoms with E-state index in [1.807, 2.05) is 0 Å². The highest BCUT2D eigenvalue weighted by Gasteiger charge is 2.17. The van der Waals surface area contributed by atoms with Crippen LogP contribution in [0.4, 0.5) is 28.9 Å². The van der Waals surface area contributed by atoms with Gasteiger partial charge in [-0.2, -0.15) is 0 Å². The first-order valence-corrected chi connectivity index (χ1v) is 5.33. The van der Waals surface area contributed by atoms with Crippen LogP contribution in [0.3, 0.4) is 0 Å². The Morgan fingerprint density at radius 1 is 0.950 bits per heavy atom. The van der Waals surface area contributed by atoms with E-state index in [1.54, 1.807) is 0 Å². The number of rotatable bonds is 3. The molecule has 7 heteroatoms. The second-order valence-corrected chi connectivity index (χ2v) is 3.84. The molecule has 20 heavy (non-hydrogen) atoms. The number of hydrogen-bond acceptors (Lipinski definition) is 2. The molecule has 0 bridgehead atoms. The highest BCUT2D eigenvalue weighted by atomic mass is 19.2. The van der Waals surface area contributed by atoms with Crippen LogP contribution in [0.15, 0.2) is 30.3 Å². The number of carboxylic acids is 1. The lowest BCUT2D eigenvalue weighted by Gasteiger charge is -2.11. The smallest absolute Gasteiger partial charge is 0.337 e. The fraction of sp³-hybridized carbons (Fsp3) is 0. The topological polar surface area (TPSA) is 49.3 Å². The van der Waals surface area contributed by atoms with E-state index in [0.717, 1.165) is 18.2 Å². The molecule has 0 aliphatic heterocycles. The van der Waals surface area contributed by atoms with Crippen molar-refractivity contribution in [2.24, 2.45) is 0 Å². The molecule has 0 saturated heterocycles. The number of benzene rings is 2. The van der Waals surface area contributed by atoms with Crippen LogP contribution >= 0.6 is 0 Å². The van der Waals surface area contributed by atoms with Gasteiger partial charge in [0.2, 0.25) is 0 Å². The summed E-state index contributed by atoms with van der Waals surface area (Å²) in [6.07, 6.45) is 0. The first-order chi connectivity index (χ1) is 9.40. The Hall–Kier alpha value is -2.57. The second-order valence-electron chi connectivity index (χ2n) is 3.84. The van der Waals surface area contributed by atoms with Crippen LogP contribution in [-0.4, -0.2) is 11.1 Å². The average Bonchev–Trinajstić information content (AvgIpc) is 2.37. The molecule has 2 rings (SSSR count). The molecule has 2 aromatic rings. The maximum absolute atomic E-state index is 13.6. The van der Waals surface area contributed by atoms with Gasteiger partial charge in [0.15, 0.2) is 11.6 Å². The minimum Gasteiger partial charge on any atom is -0.478 e. The number of anilines is 2. The first-order valence-electron chi connectivity index (χ1n) is 5.33. The molecule has 0 unspecified atom stereocenters. The molecule has 0 heterocycles. The maximum atomic E-state index is 13.6. The molecule has 0 aliphatic carbocycles. The summed E-state index contributed by atoms with van der Waals surface area (Å²) in [4.78, 5) is 10.9. The lowest BCUT2D eigenvalue weighted by Crippen LogP contribution is -2.06. The van der Waals surface area contributed by atoms with Gasteiger partial charge < -0.3 is 10.4 Å². The van der Waals surface area contributed by atoms with E-state index >= 15 is 0 Å². The number of hydrogen-bond donors (Lipinski definition) is 2. The van der Waals surface area contributed by atoms with E-state index in [4.69, 9.17) is 5.11 Å². The highest BCUT2D eigenvalue weighted by Crippen LogP contribution is 2.27. The molecular weight excluding hydrogens is 278 g/mol. The summed E-state index contributed by atoms with van der Waals surface area (Å²) >= 11 is 0. The van der Waals surface area contributed by atoms with Crippen LogP contribution in [-0.2, 0) is 0 Å². The van der Waals surface area contributed by atoms with Crippen molar-refractivity contribution < 1.29 is 27.5 Å². The summed E-state index contributed by atoms with van der Waals surface area (Å²) in [7, 11) is 0. The third kappa shape index (κ3) is 2.56. The molecule has 104 valence electrons.